The molecule has 3 N–H and O–H groups in total. The number of anilines is 2. The summed E-state index contributed by atoms with van der Waals surface area (Å²) in [6.07, 6.45) is 2.51. The molecule has 1 aromatic rings. The Morgan fingerprint density at radius 2 is 2.04 bits per heavy atom. The Balaban J connectivity index is 1.77. The summed E-state index contributed by atoms with van der Waals surface area (Å²) < 4.78 is 0. The van der Waals surface area contributed by atoms with Crippen molar-refractivity contribution in [2.75, 3.05) is 36.5 Å². The quantitative estimate of drug-likeness (QED) is 0.736. The van der Waals surface area contributed by atoms with Gasteiger partial charge in [-0.15, -0.1) is 0 Å². The molecule has 148 valence electrons. The highest BCUT2D eigenvalue weighted by Gasteiger charge is 2.40. The molecule has 0 saturated carbocycles. The molecular weight excluding hydrogens is 344 g/mol. The second-order valence-corrected chi connectivity index (χ2v) is 7.50. The zero-order chi connectivity index (χ0) is 19.4. The lowest BCUT2D eigenvalue weighted by Crippen LogP contribution is -2.59. The minimum absolute atomic E-state index is 0.0514. The number of piperidine rings is 1. The fourth-order valence-corrected chi connectivity index (χ4v) is 3.92. The summed E-state index contributed by atoms with van der Waals surface area (Å²) in [5, 5.41) is 15.1. The molecule has 1 fully saturated rings. The highest BCUT2D eigenvalue weighted by atomic mass is 16.3. The lowest BCUT2D eigenvalue weighted by atomic mass is 9.94. The average Bonchev–Trinajstić information content (AvgIpc) is 2.68. The lowest BCUT2D eigenvalue weighted by molar-refractivity contribution is -0.118. The molecule has 0 radical (unpaired) electrons. The van der Waals surface area contributed by atoms with Gasteiger partial charge in [-0.05, 0) is 30.9 Å². The number of β-amino-alcohol motifs (C(OH)–C–C–N with tert-alkyl or cyclic N) is 1. The first-order chi connectivity index (χ1) is 13.0. The molecule has 2 aliphatic heterocycles. The molecule has 1 saturated heterocycles. The first-order valence-corrected chi connectivity index (χ1v) is 9.88. The number of rotatable bonds is 5. The van der Waals surface area contributed by atoms with Crippen molar-refractivity contribution in [2.24, 2.45) is 5.92 Å². The number of carbonyl (C=O) groups excluding carboxylic acids is 2. The Morgan fingerprint density at radius 3 is 2.70 bits per heavy atom. The van der Waals surface area contributed by atoms with E-state index < -0.39 is 6.04 Å². The van der Waals surface area contributed by atoms with Crippen LogP contribution in [0.15, 0.2) is 24.3 Å². The van der Waals surface area contributed by atoms with E-state index in [0.29, 0.717) is 12.2 Å². The number of carbonyl (C=O) groups is 2. The molecule has 0 bridgehead atoms. The van der Waals surface area contributed by atoms with Crippen molar-refractivity contribution < 1.29 is 14.7 Å². The molecule has 0 aliphatic carbocycles. The van der Waals surface area contributed by atoms with E-state index in [1.54, 1.807) is 4.90 Å². The maximum absolute atomic E-state index is 13.2. The van der Waals surface area contributed by atoms with E-state index in [2.05, 4.69) is 15.5 Å². The molecule has 7 heteroatoms. The van der Waals surface area contributed by atoms with Crippen LogP contribution in [-0.4, -0.2) is 60.3 Å². The maximum Gasteiger partial charge on any atom is 0.322 e. The van der Waals surface area contributed by atoms with Crippen molar-refractivity contribution >= 4 is 23.3 Å². The van der Waals surface area contributed by atoms with E-state index >= 15 is 0 Å². The highest BCUT2D eigenvalue weighted by Crippen LogP contribution is 2.35. The van der Waals surface area contributed by atoms with Gasteiger partial charge < -0.3 is 20.6 Å². The van der Waals surface area contributed by atoms with E-state index in [4.69, 9.17) is 5.11 Å². The van der Waals surface area contributed by atoms with Gasteiger partial charge in [0.2, 0.25) is 5.91 Å². The molecule has 2 aliphatic rings. The van der Waals surface area contributed by atoms with Crippen LogP contribution in [0, 0.1) is 5.92 Å². The molecule has 1 aromatic carbocycles. The number of amides is 3. The zero-order valence-electron chi connectivity index (χ0n) is 16.1. The molecule has 0 aromatic heterocycles. The van der Waals surface area contributed by atoms with Gasteiger partial charge in [0, 0.05) is 25.7 Å². The third kappa shape index (κ3) is 4.25. The van der Waals surface area contributed by atoms with Gasteiger partial charge in [-0.2, -0.15) is 0 Å². The predicted molar refractivity (Wildman–Crippen MR) is 106 cm³/mol. The van der Waals surface area contributed by atoms with Gasteiger partial charge >= 0.3 is 6.03 Å². The summed E-state index contributed by atoms with van der Waals surface area (Å²) >= 11 is 0. The number of benzene rings is 1. The van der Waals surface area contributed by atoms with Crippen LogP contribution in [0.5, 0.6) is 0 Å². The number of fused-ring (bicyclic) bond motifs is 1. The third-order valence-electron chi connectivity index (χ3n) is 5.70. The summed E-state index contributed by atoms with van der Waals surface area (Å²) in [6, 6.07) is 6.82. The minimum Gasteiger partial charge on any atom is -0.395 e. The van der Waals surface area contributed by atoms with E-state index in [9.17, 15) is 9.59 Å². The highest BCUT2D eigenvalue weighted by molar-refractivity contribution is 6.11. The fraction of sp³-hybridized carbons (Fsp3) is 0.600. The number of likely N-dealkylation sites (tertiary alicyclic amines) is 1. The molecular formula is C20H30N4O3. The normalized spacial score (nSPS) is 22.1. The second kappa shape index (κ2) is 8.71. The molecule has 0 spiro atoms. The summed E-state index contributed by atoms with van der Waals surface area (Å²) in [7, 11) is 0. The maximum atomic E-state index is 13.2. The van der Waals surface area contributed by atoms with Crippen molar-refractivity contribution in [1.82, 2.24) is 10.2 Å². The summed E-state index contributed by atoms with van der Waals surface area (Å²) in [6.45, 7) is 6.59. The van der Waals surface area contributed by atoms with Crippen LogP contribution >= 0.6 is 0 Å². The van der Waals surface area contributed by atoms with Crippen LogP contribution in [0.3, 0.4) is 0 Å². The Morgan fingerprint density at radius 1 is 1.33 bits per heavy atom. The number of aliphatic hydroxyl groups excluding tert-OH is 1. The van der Waals surface area contributed by atoms with Gasteiger partial charge in [-0.3, -0.25) is 9.69 Å². The largest absolute Gasteiger partial charge is 0.395 e. The fourth-order valence-electron chi connectivity index (χ4n) is 3.92. The summed E-state index contributed by atoms with van der Waals surface area (Å²) in [5.41, 5.74) is 1.42. The van der Waals surface area contributed by atoms with Crippen LogP contribution in [0.25, 0.3) is 0 Å². The topological polar surface area (TPSA) is 84.9 Å². The van der Waals surface area contributed by atoms with Gasteiger partial charge in [-0.25, -0.2) is 4.79 Å². The number of nitrogens with zero attached hydrogens (tertiary/aromatic N) is 2. The van der Waals surface area contributed by atoms with E-state index in [0.717, 1.165) is 38.0 Å². The molecule has 3 amide bonds. The van der Waals surface area contributed by atoms with Gasteiger partial charge in [0.25, 0.3) is 0 Å². The second-order valence-electron chi connectivity index (χ2n) is 7.50. The Hall–Kier alpha value is -2.12. The predicted octanol–water partition coefficient (Wildman–Crippen LogP) is 2.03. The van der Waals surface area contributed by atoms with Gasteiger partial charge in [0.1, 0.15) is 6.04 Å². The number of urea groups is 1. The number of nitrogens with one attached hydrogen (secondary N) is 2. The molecule has 3 rings (SSSR count). The monoisotopic (exact) mass is 374 g/mol. The first kappa shape index (κ1) is 19.6. The van der Waals surface area contributed by atoms with Crippen molar-refractivity contribution in [1.29, 1.82) is 0 Å². The number of aliphatic hydroxyl groups is 1. The molecule has 7 nitrogen and oxygen atoms in total. The van der Waals surface area contributed by atoms with Crippen molar-refractivity contribution in [3.05, 3.63) is 24.3 Å². The number of hydrogen-bond donors (Lipinski definition) is 3. The van der Waals surface area contributed by atoms with Gasteiger partial charge in [0.05, 0.1) is 18.0 Å². The lowest BCUT2D eigenvalue weighted by Gasteiger charge is -2.40. The summed E-state index contributed by atoms with van der Waals surface area (Å²) in [5.74, 6) is -0.0773. The van der Waals surface area contributed by atoms with Crippen molar-refractivity contribution in [3.63, 3.8) is 0 Å². The van der Waals surface area contributed by atoms with Crippen molar-refractivity contribution in [3.8, 4) is 0 Å². The first-order valence-electron chi connectivity index (χ1n) is 9.88. The molecule has 0 unspecified atom stereocenters. The molecule has 2 atom stereocenters. The third-order valence-corrected chi connectivity index (χ3v) is 5.70. The SMILES string of the molecule is CC[C@H](C)[C@H]1C(=O)Nc2ccccc2N1C(=O)NC1CCN(CCO)CC1. The average molecular weight is 374 g/mol. The number of para-hydroxylation sites is 2. The van der Waals surface area contributed by atoms with Gasteiger partial charge in [-0.1, -0.05) is 32.4 Å². The standard InChI is InChI=1S/C20H30N4O3/c1-3-14(2)18-19(26)22-16-6-4-5-7-17(16)24(18)20(27)21-15-8-10-23(11-9-15)12-13-25/h4-7,14-15,18,25H,3,8-13H2,1-2H3,(H,21,27)(H,22,26)/t14-,18-/m0/s1. The smallest absolute Gasteiger partial charge is 0.322 e. The van der Waals surface area contributed by atoms with Crippen LogP contribution in [0.2, 0.25) is 0 Å². The minimum atomic E-state index is -0.514. The van der Waals surface area contributed by atoms with Gasteiger partial charge in [0.15, 0.2) is 0 Å². The van der Waals surface area contributed by atoms with Crippen LogP contribution in [0.1, 0.15) is 33.1 Å². The van der Waals surface area contributed by atoms with E-state index in [-0.39, 0.29) is 30.5 Å². The van der Waals surface area contributed by atoms with Crippen molar-refractivity contribution in [2.45, 2.75) is 45.2 Å². The Kier molecular flexibility index (Phi) is 6.34. The van der Waals surface area contributed by atoms with E-state index in [1.807, 2.05) is 38.1 Å². The van der Waals surface area contributed by atoms with Crippen LogP contribution < -0.4 is 15.5 Å². The number of hydrogen-bond acceptors (Lipinski definition) is 4. The Labute approximate surface area is 160 Å². The molecule has 27 heavy (non-hydrogen) atoms. The summed E-state index contributed by atoms with van der Waals surface area (Å²) in [4.78, 5) is 29.8. The van der Waals surface area contributed by atoms with Crippen LogP contribution in [0.4, 0.5) is 16.2 Å². The van der Waals surface area contributed by atoms with E-state index in [1.165, 1.54) is 0 Å². The van der Waals surface area contributed by atoms with Crippen LogP contribution in [-0.2, 0) is 4.79 Å². The zero-order valence-corrected chi connectivity index (χ0v) is 16.1. The molecule has 2 heterocycles. The Bertz CT molecular complexity index is 673.